The van der Waals surface area contributed by atoms with E-state index >= 15 is 0 Å². The van der Waals surface area contributed by atoms with Gasteiger partial charge in [0.1, 0.15) is 0 Å². The maximum atomic E-state index is 12.0. The molecule has 3 nitrogen and oxygen atoms in total. The van der Waals surface area contributed by atoms with E-state index in [4.69, 9.17) is 5.73 Å². The summed E-state index contributed by atoms with van der Waals surface area (Å²) >= 11 is 0. The standard InChI is InChI=1S/C12H22N2O/c1-9(13)12(15)14-8-4-6-10-5-2-3-7-11(10)14/h9-11H,2-8,13H2,1H3/t9-,10+,11-/m0/s1. The lowest BCUT2D eigenvalue weighted by Gasteiger charge is -2.44. The Bertz CT molecular complexity index is 238. The van der Waals surface area contributed by atoms with Crippen LogP contribution in [0, 0.1) is 5.92 Å². The molecule has 0 radical (unpaired) electrons. The molecule has 1 heterocycles. The Labute approximate surface area is 92.0 Å². The van der Waals surface area contributed by atoms with Crippen LogP contribution in [0.4, 0.5) is 0 Å². The summed E-state index contributed by atoms with van der Waals surface area (Å²) < 4.78 is 0. The number of likely N-dealkylation sites (tertiary alicyclic amines) is 1. The van der Waals surface area contributed by atoms with Crippen LogP contribution >= 0.6 is 0 Å². The van der Waals surface area contributed by atoms with Crippen molar-refractivity contribution in [3.05, 3.63) is 0 Å². The molecule has 0 bridgehead atoms. The minimum Gasteiger partial charge on any atom is -0.338 e. The zero-order valence-electron chi connectivity index (χ0n) is 9.61. The highest BCUT2D eigenvalue weighted by molar-refractivity contribution is 5.81. The van der Waals surface area contributed by atoms with Crippen molar-refractivity contribution in [1.82, 2.24) is 4.90 Å². The molecular weight excluding hydrogens is 188 g/mol. The molecule has 0 spiro atoms. The van der Waals surface area contributed by atoms with Gasteiger partial charge < -0.3 is 10.6 Å². The minimum atomic E-state index is -0.328. The van der Waals surface area contributed by atoms with Gasteiger partial charge in [-0.3, -0.25) is 4.79 Å². The third kappa shape index (κ3) is 2.17. The van der Waals surface area contributed by atoms with Crippen LogP contribution in [-0.2, 0) is 4.79 Å². The van der Waals surface area contributed by atoms with Crippen LogP contribution < -0.4 is 5.73 Å². The van der Waals surface area contributed by atoms with Gasteiger partial charge in [0, 0.05) is 12.6 Å². The first-order valence-electron chi connectivity index (χ1n) is 6.26. The van der Waals surface area contributed by atoms with Gasteiger partial charge in [0.2, 0.25) is 5.91 Å². The van der Waals surface area contributed by atoms with E-state index in [2.05, 4.69) is 4.90 Å². The molecule has 2 aliphatic rings. The van der Waals surface area contributed by atoms with Crippen molar-refractivity contribution >= 4 is 5.91 Å². The number of carbonyl (C=O) groups excluding carboxylic acids is 1. The second-order valence-electron chi connectivity index (χ2n) is 5.07. The van der Waals surface area contributed by atoms with Crippen LogP contribution in [0.5, 0.6) is 0 Å². The van der Waals surface area contributed by atoms with Crippen molar-refractivity contribution in [2.75, 3.05) is 6.54 Å². The molecule has 2 fully saturated rings. The number of hydrogen-bond acceptors (Lipinski definition) is 2. The molecule has 3 heteroatoms. The van der Waals surface area contributed by atoms with Gasteiger partial charge >= 0.3 is 0 Å². The molecule has 15 heavy (non-hydrogen) atoms. The lowest BCUT2D eigenvalue weighted by molar-refractivity contribution is -0.138. The highest BCUT2D eigenvalue weighted by atomic mass is 16.2. The smallest absolute Gasteiger partial charge is 0.239 e. The Kier molecular flexibility index (Phi) is 3.29. The topological polar surface area (TPSA) is 46.3 Å². The first kappa shape index (κ1) is 10.9. The maximum absolute atomic E-state index is 12.0. The van der Waals surface area contributed by atoms with Gasteiger partial charge in [-0.25, -0.2) is 0 Å². The van der Waals surface area contributed by atoms with Gasteiger partial charge in [-0.1, -0.05) is 12.8 Å². The Morgan fingerprint density at radius 3 is 2.67 bits per heavy atom. The predicted molar refractivity (Wildman–Crippen MR) is 60.3 cm³/mol. The molecule has 0 aromatic heterocycles. The third-order valence-electron chi connectivity index (χ3n) is 3.92. The second kappa shape index (κ2) is 4.52. The van der Waals surface area contributed by atoms with Crippen molar-refractivity contribution in [2.24, 2.45) is 11.7 Å². The summed E-state index contributed by atoms with van der Waals surface area (Å²) in [5.41, 5.74) is 5.70. The van der Waals surface area contributed by atoms with Crippen molar-refractivity contribution < 1.29 is 4.79 Å². The molecule has 0 aromatic carbocycles. The van der Waals surface area contributed by atoms with Gasteiger partial charge in [-0.05, 0) is 38.5 Å². The van der Waals surface area contributed by atoms with Crippen molar-refractivity contribution in [2.45, 2.75) is 57.5 Å². The Balaban J connectivity index is 2.06. The highest BCUT2D eigenvalue weighted by Gasteiger charge is 2.36. The van der Waals surface area contributed by atoms with Crippen LogP contribution in [0.25, 0.3) is 0 Å². The summed E-state index contributed by atoms with van der Waals surface area (Å²) in [6.07, 6.45) is 7.62. The van der Waals surface area contributed by atoms with Crippen LogP contribution in [0.15, 0.2) is 0 Å². The summed E-state index contributed by atoms with van der Waals surface area (Å²) in [6, 6.07) is 0.177. The Morgan fingerprint density at radius 2 is 1.93 bits per heavy atom. The highest BCUT2D eigenvalue weighted by Crippen LogP contribution is 2.35. The zero-order valence-corrected chi connectivity index (χ0v) is 9.61. The van der Waals surface area contributed by atoms with Crippen molar-refractivity contribution in [3.63, 3.8) is 0 Å². The molecule has 2 N–H and O–H groups in total. The fourth-order valence-electron chi connectivity index (χ4n) is 3.16. The van der Waals surface area contributed by atoms with Gasteiger partial charge in [-0.15, -0.1) is 0 Å². The van der Waals surface area contributed by atoms with E-state index in [9.17, 15) is 4.79 Å². The molecule has 0 aromatic rings. The van der Waals surface area contributed by atoms with E-state index in [1.165, 1.54) is 38.5 Å². The number of carbonyl (C=O) groups is 1. The summed E-state index contributed by atoms with van der Waals surface area (Å²) in [6.45, 7) is 2.73. The summed E-state index contributed by atoms with van der Waals surface area (Å²) in [4.78, 5) is 14.0. The largest absolute Gasteiger partial charge is 0.338 e. The fourth-order valence-corrected chi connectivity index (χ4v) is 3.16. The van der Waals surface area contributed by atoms with Crippen LogP contribution in [0.3, 0.4) is 0 Å². The summed E-state index contributed by atoms with van der Waals surface area (Å²) in [5, 5.41) is 0. The van der Waals surface area contributed by atoms with Gasteiger partial charge in [0.05, 0.1) is 6.04 Å². The third-order valence-corrected chi connectivity index (χ3v) is 3.92. The van der Waals surface area contributed by atoms with E-state index in [0.29, 0.717) is 6.04 Å². The van der Waals surface area contributed by atoms with E-state index in [1.54, 1.807) is 6.92 Å². The van der Waals surface area contributed by atoms with Gasteiger partial charge in [0.15, 0.2) is 0 Å². The fraction of sp³-hybridized carbons (Fsp3) is 0.917. The maximum Gasteiger partial charge on any atom is 0.239 e. The molecule has 86 valence electrons. The molecule has 1 saturated heterocycles. The van der Waals surface area contributed by atoms with Crippen LogP contribution in [0.2, 0.25) is 0 Å². The SMILES string of the molecule is C[C@H](N)C(=O)N1CCC[C@H]2CCCC[C@@H]21. The summed E-state index contributed by atoms with van der Waals surface area (Å²) in [5.74, 6) is 0.918. The van der Waals surface area contributed by atoms with Gasteiger partial charge in [0.25, 0.3) is 0 Å². The van der Waals surface area contributed by atoms with Crippen LogP contribution in [0.1, 0.15) is 45.4 Å². The molecule has 3 atom stereocenters. The van der Waals surface area contributed by atoms with Crippen LogP contribution in [-0.4, -0.2) is 29.4 Å². The molecule has 1 amide bonds. The minimum absolute atomic E-state index is 0.159. The van der Waals surface area contributed by atoms with Crippen molar-refractivity contribution in [1.29, 1.82) is 0 Å². The Morgan fingerprint density at radius 1 is 1.27 bits per heavy atom. The first-order chi connectivity index (χ1) is 7.20. The van der Waals surface area contributed by atoms with E-state index in [-0.39, 0.29) is 11.9 Å². The lowest BCUT2D eigenvalue weighted by Crippen LogP contribution is -2.53. The molecule has 1 aliphatic carbocycles. The number of nitrogens with two attached hydrogens (primary N) is 1. The lowest BCUT2D eigenvalue weighted by atomic mass is 9.78. The Hall–Kier alpha value is -0.570. The number of nitrogens with zero attached hydrogens (tertiary/aromatic N) is 1. The first-order valence-corrected chi connectivity index (χ1v) is 6.26. The van der Waals surface area contributed by atoms with Crippen molar-refractivity contribution in [3.8, 4) is 0 Å². The average Bonchev–Trinajstić information content (AvgIpc) is 2.27. The number of rotatable bonds is 1. The number of amides is 1. The zero-order chi connectivity index (χ0) is 10.8. The summed E-state index contributed by atoms with van der Waals surface area (Å²) in [7, 11) is 0. The molecule has 2 rings (SSSR count). The number of fused-ring (bicyclic) bond motifs is 1. The van der Waals surface area contributed by atoms with E-state index in [1.807, 2.05) is 0 Å². The second-order valence-corrected chi connectivity index (χ2v) is 5.07. The molecule has 0 unspecified atom stereocenters. The normalized spacial score (nSPS) is 33.3. The number of hydrogen-bond donors (Lipinski definition) is 1. The number of piperidine rings is 1. The van der Waals surface area contributed by atoms with E-state index < -0.39 is 0 Å². The van der Waals surface area contributed by atoms with Gasteiger partial charge in [-0.2, -0.15) is 0 Å². The molecular formula is C12H22N2O. The predicted octanol–water partition coefficient (Wildman–Crippen LogP) is 1.51. The molecule has 1 saturated carbocycles. The molecule has 1 aliphatic heterocycles. The van der Waals surface area contributed by atoms with E-state index in [0.717, 1.165) is 12.5 Å². The average molecular weight is 210 g/mol. The quantitative estimate of drug-likeness (QED) is 0.713. The monoisotopic (exact) mass is 210 g/mol.